The van der Waals surface area contributed by atoms with Gasteiger partial charge in [-0.05, 0) is 37.8 Å². The molecule has 2 aromatic rings. The zero-order valence-corrected chi connectivity index (χ0v) is 11.1. The van der Waals surface area contributed by atoms with Gasteiger partial charge in [-0.3, -0.25) is 0 Å². The van der Waals surface area contributed by atoms with Crippen LogP contribution in [0.1, 0.15) is 37.4 Å². The molecule has 0 unspecified atom stereocenters. The van der Waals surface area contributed by atoms with Gasteiger partial charge in [-0.15, -0.1) is 0 Å². The Morgan fingerprint density at radius 2 is 1.70 bits per heavy atom. The molecule has 1 heterocycles. The fraction of sp³-hybridized carbons (Fsp3) is 0.400. The SMILES string of the molecule is NC1CCC(c2ncc(-c3cc(F)cc(F)c3)[nH]2)CC1. The van der Waals surface area contributed by atoms with Gasteiger partial charge in [0.1, 0.15) is 17.5 Å². The van der Waals surface area contributed by atoms with Gasteiger partial charge in [-0.2, -0.15) is 0 Å². The van der Waals surface area contributed by atoms with Crippen LogP contribution in [0.15, 0.2) is 24.4 Å². The molecule has 1 aromatic heterocycles. The molecule has 3 nitrogen and oxygen atoms in total. The predicted octanol–water partition coefficient (Wildman–Crippen LogP) is 3.34. The molecule has 0 aliphatic heterocycles. The number of H-pyrrole nitrogens is 1. The Labute approximate surface area is 116 Å². The van der Waals surface area contributed by atoms with E-state index in [4.69, 9.17) is 5.73 Å². The Hall–Kier alpha value is -1.75. The molecule has 0 radical (unpaired) electrons. The van der Waals surface area contributed by atoms with Crippen molar-refractivity contribution >= 4 is 0 Å². The summed E-state index contributed by atoms with van der Waals surface area (Å²) < 4.78 is 26.5. The molecule has 1 saturated carbocycles. The maximum Gasteiger partial charge on any atom is 0.126 e. The third kappa shape index (κ3) is 2.72. The molecule has 1 aliphatic carbocycles. The van der Waals surface area contributed by atoms with Gasteiger partial charge in [-0.1, -0.05) is 0 Å². The Morgan fingerprint density at radius 1 is 1.05 bits per heavy atom. The van der Waals surface area contributed by atoms with E-state index in [1.54, 1.807) is 6.20 Å². The quantitative estimate of drug-likeness (QED) is 0.884. The number of aromatic amines is 1. The molecular weight excluding hydrogens is 260 g/mol. The minimum absolute atomic E-state index is 0.290. The van der Waals surface area contributed by atoms with E-state index in [0.29, 0.717) is 17.2 Å². The molecule has 0 amide bonds. The standard InChI is InChI=1S/C15H17F2N3/c16-11-5-10(6-12(17)7-11)14-8-19-15(20-14)9-1-3-13(18)4-2-9/h5-9,13H,1-4,18H2,(H,19,20). The summed E-state index contributed by atoms with van der Waals surface area (Å²) in [7, 11) is 0. The molecule has 0 atom stereocenters. The molecule has 0 spiro atoms. The lowest BCUT2D eigenvalue weighted by atomic mass is 9.86. The van der Waals surface area contributed by atoms with Crippen LogP contribution >= 0.6 is 0 Å². The van der Waals surface area contributed by atoms with Crippen molar-refractivity contribution in [3.63, 3.8) is 0 Å². The summed E-state index contributed by atoms with van der Waals surface area (Å²) in [5.41, 5.74) is 7.02. The summed E-state index contributed by atoms with van der Waals surface area (Å²) in [4.78, 5) is 7.54. The Kier molecular flexibility index (Phi) is 3.53. The topological polar surface area (TPSA) is 54.7 Å². The highest BCUT2D eigenvalue weighted by Crippen LogP contribution is 2.31. The van der Waals surface area contributed by atoms with Crippen molar-refractivity contribution in [3.05, 3.63) is 41.9 Å². The number of rotatable bonds is 2. The third-order valence-corrected chi connectivity index (χ3v) is 3.93. The smallest absolute Gasteiger partial charge is 0.126 e. The molecule has 0 saturated heterocycles. The molecule has 106 valence electrons. The molecule has 1 fully saturated rings. The number of halogens is 2. The van der Waals surface area contributed by atoms with E-state index in [0.717, 1.165) is 37.6 Å². The van der Waals surface area contributed by atoms with E-state index in [-0.39, 0.29) is 6.04 Å². The van der Waals surface area contributed by atoms with Crippen LogP contribution in [-0.2, 0) is 0 Å². The van der Waals surface area contributed by atoms with Crippen LogP contribution in [0.5, 0.6) is 0 Å². The second-order valence-corrected chi connectivity index (χ2v) is 5.45. The normalized spacial score (nSPS) is 22.9. The van der Waals surface area contributed by atoms with Gasteiger partial charge in [0, 0.05) is 23.6 Å². The number of nitrogens with two attached hydrogens (primary N) is 1. The van der Waals surface area contributed by atoms with Gasteiger partial charge >= 0.3 is 0 Å². The first-order valence-corrected chi connectivity index (χ1v) is 6.89. The Bertz CT molecular complexity index is 581. The van der Waals surface area contributed by atoms with Crippen LogP contribution < -0.4 is 5.73 Å². The summed E-state index contributed by atoms with van der Waals surface area (Å²) in [6.45, 7) is 0. The molecular formula is C15H17F2N3. The van der Waals surface area contributed by atoms with Crippen LogP contribution in [0.25, 0.3) is 11.3 Å². The van der Waals surface area contributed by atoms with E-state index in [9.17, 15) is 8.78 Å². The average molecular weight is 277 g/mol. The molecule has 5 heteroatoms. The first-order valence-electron chi connectivity index (χ1n) is 6.89. The van der Waals surface area contributed by atoms with Crippen molar-refractivity contribution in [2.24, 2.45) is 5.73 Å². The lowest BCUT2D eigenvalue weighted by molar-refractivity contribution is 0.386. The van der Waals surface area contributed by atoms with E-state index in [1.807, 2.05) is 0 Å². The summed E-state index contributed by atoms with van der Waals surface area (Å²) in [6.07, 6.45) is 5.64. The highest BCUT2D eigenvalue weighted by atomic mass is 19.1. The van der Waals surface area contributed by atoms with Gasteiger partial charge in [0.05, 0.1) is 11.9 Å². The lowest BCUT2D eigenvalue weighted by Gasteiger charge is -2.24. The Balaban J connectivity index is 1.83. The van der Waals surface area contributed by atoms with Gasteiger partial charge < -0.3 is 10.7 Å². The van der Waals surface area contributed by atoms with Crippen molar-refractivity contribution < 1.29 is 8.78 Å². The van der Waals surface area contributed by atoms with Crippen molar-refractivity contribution in [3.8, 4) is 11.3 Å². The van der Waals surface area contributed by atoms with Crippen LogP contribution in [0.3, 0.4) is 0 Å². The van der Waals surface area contributed by atoms with Crippen molar-refractivity contribution in [1.82, 2.24) is 9.97 Å². The highest BCUT2D eigenvalue weighted by molar-refractivity contribution is 5.58. The minimum atomic E-state index is -0.584. The minimum Gasteiger partial charge on any atom is -0.342 e. The number of hydrogen-bond donors (Lipinski definition) is 2. The first-order chi connectivity index (χ1) is 9.61. The number of imidazole rings is 1. The number of nitrogens with zero attached hydrogens (tertiary/aromatic N) is 1. The Morgan fingerprint density at radius 3 is 2.35 bits per heavy atom. The summed E-state index contributed by atoms with van der Waals surface area (Å²) >= 11 is 0. The van der Waals surface area contributed by atoms with Crippen molar-refractivity contribution in [1.29, 1.82) is 0 Å². The van der Waals surface area contributed by atoms with Crippen molar-refractivity contribution in [2.45, 2.75) is 37.6 Å². The van der Waals surface area contributed by atoms with Crippen LogP contribution in [-0.4, -0.2) is 16.0 Å². The van der Waals surface area contributed by atoms with E-state index >= 15 is 0 Å². The molecule has 20 heavy (non-hydrogen) atoms. The molecule has 1 aromatic carbocycles. The van der Waals surface area contributed by atoms with Crippen LogP contribution in [0.4, 0.5) is 8.78 Å². The monoisotopic (exact) mass is 277 g/mol. The van der Waals surface area contributed by atoms with E-state index < -0.39 is 11.6 Å². The van der Waals surface area contributed by atoms with Crippen molar-refractivity contribution in [2.75, 3.05) is 0 Å². The second kappa shape index (κ2) is 5.32. The van der Waals surface area contributed by atoms with Crippen LogP contribution in [0, 0.1) is 11.6 Å². The second-order valence-electron chi connectivity index (χ2n) is 5.45. The zero-order valence-electron chi connectivity index (χ0n) is 11.1. The fourth-order valence-electron chi connectivity index (χ4n) is 2.79. The molecule has 3 rings (SSSR count). The highest BCUT2D eigenvalue weighted by Gasteiger charge is 2.22. The number of hydrogen-bond acceptors (Lipinski definition) is 2. The third-order valence-electron chi connectivity index (χ3n) is 3.93. The largest absolute Gasteiger partial charge is 0.342 e. The van der Waals surface area contributed by atoms with Gasteiger partial charge in [0.15, 0.2) is 0 Å². The zero-order chi connectivity index (χ0) is 14.1. The molecule has 0 bridgehead atoms. The maximum absolute atomic E-state index is 13.2. The number of nitrogens with one attached hydrogen (secondary N) is 1. The maximum atomic E-state index is 13.2. The summed E-state index contributed by atoms with van der Waals surface area (Å²) in [5, 5.41) is 0. The number of benzene rings is 1. The summed E-state index contributed by atoms with van der Waals surface area (Å²) in [6, 6.07) is 3.76. The van der Waals surface area contributed by atoms with E-state index in [2.05, 4.69) is 9.97 Å². The predicted molar refractivity (Wildman–Crippen MR) is 73.1 cm³/mol. The van der Waals surface area contributed by atoms with E-state index in [1.165, 1.54) is 12.1 Å². The average Bonchev–Trinajstić information content (AvgIpc) is 2.88. The van der Waals surface area contributed by atoms with Gasteiger partial charge in [0.2, 0.25) is 0 Å². The molecule has 3 N–H and O–H groups in total. The first kappa shape index (κ1) is 13.2. The van der Waals surface area contributed by atoms with Gasteiger partial charge in [0.25, 0.3) is 0 Å². The molecule has 1 aliphatic rings. The van der Waals surface area contributed by atoms with Crippen LogP contribution in [0.2, 0.25) is 0 Å². The number of aromatic nitrogens is 2. The lowest BCUT2D eigenvalue weighted by Crippen LogP contribution is -2.26. The fourth-order valence-corrected chi connectivity index (χ4v) is 2.79. The summed E-state index contributed by atoms with van der Waals surface area (Å²) in [5.74, 6) is 0.0816. The van der Waals surface area contributed by atoms with Gasteiger partial charge in [-0.25, -0.2) is 13.8 Å².